The van der Waals surface area contributed by atoms with E-state index in [0.717, 1.165) is 52.9 Å². The average molecular weight is 373 g/mol. The zero-order valence-electron chi connectivity index (χ0n) is 15.5. The molecule has 1 aromatic carbocycles. The molecule has 0 radical (unpaired) electrons. The van der Waals surface area contributed by atoms with Crippen molar-refractivity contribution in [3.8, 4) is 6.07 Å². The van der Waals surface area contributed by atoms with Gasteiger partial charge in [0, 0.05) is 24.1 Å². The van der Waals surface area contributed by atoms with Gasteiger partial charge in [-0.15, -0.1) is 0 Å². The summed E-state index contributed by atoms with van der Waals surface area (Å²) in [6.07, 6.45) is 6.00. The van der Waals surface area contributed by atoms with Gasteiger partial charge in [0.25, 0.3) is 0 Å². The summed E-state index contributed by atoms with van der Waals surface area (Å²) in [4.78, 5) is 9.44. The standard InChI is InChI=1S/C21H19N5O2/c1-13-8-16(5-6-27-13)26-20(10-15-4-7-28-25-15)24-19-12-23-18-3-2-14(11-22)9-17(18)21(19)26/h2-4,7,9,12-13,16H,5-6,8,10H2,1H3. The highest BCUT2D eigenvalue weighted by Gasteiger charge is 2.26. The van der Waals surface area contributed by atoms with Gasteiger partial charge in [-0.05, 0) is 38.0 Å². The Bertz CT molecular complexity index is 1190. The predicted octanol–water partition coefficient (Wildman–Crippen LogP) is 3.77. The van der Waals surface area contributed by atoms with Crippen molar-refractivity contribution in [3.05, 3.63) is 53.8 Å². The molecule has 1 aliphatic heterocycles. The number of ether oxygens (including phenoxy) is 1. The summed E-state index contributed by atoms with van der Waals surface area (Å²) >= 11 is 0. The Morgan fingerprint density at radius 1 is 1.29 bits per heavy atom. The molecule has 4 aromatic rings. The van der Waals surface area contributed by atoms with Crippen LogP contribution in [0.4, 0.5) is 0 Å². The first-order valence-electron chi connectivity index (χ1n) is 9.43. The third-order valence-electron chi connectivity index (χ3n) is 5.37. The molecular formula is C21H19N5O2. The number of hydrogen-bond donors (Lipinski definition) is 0. The summed E-state index contributed by atoms with van der Waals surface area (Å²) < 4.78 is 13.1. The summed E-state index contributed by atoms with van der Waals surface area (Å²) in [6, 6.07) is 9.97. The van der Waals surface area contributed by atoms with Crippen LogP contribution in [0.1, 0.15) is 42.9 Å². The summed E-state index contributed by atoms with van der Waals surface area (Å²) in [5.41, 5.74) is 4.18. The zero-order chi connectivity index (χ0) is 19.1. The lowest BCUT2D eigenvalue weighted by Crippen LogP contribution is -2.26. The molecule has 1 fully saturated rings. The second kappa shape index (κ2) is 6.73. The number of nitriles is 1. The molecule has 1 aliphatic rings. The molecule has 2 unspecified atom stereocenters. The van der Waals surface area contributed by atoms with Gasteiger partial charge in [-0.2, -0.15) is 5.26 Å². The molecule has 140 valence electrons. The van der Waals surface area contributed by atoms with Crippen LogP contribution in [0.5, 0.6) is 0 Å². The predicted molar refractivity (Wildman–Crippen MR) is 103 cm³/mol. The van der Waals surface area contributed by atoms with E-state index in [1.807, 2.05) is 24.4 Å². The van der Waals surface area contributed by atoms with Gasteiger partial charge in [0.15, 0.2) is 0 Å². The Labute approximate surface area is 161 Å². The molecule has 0 spiro atoms. The Hall–Kier alpha value is -3.24. The monoisotopic (exact) mass is 373 g/mol. The molecule has 3 aromatic heterocycles. The quantitative estimate of drug-likeness (QED) is 0.543. The highest BCUT2D eigenvalue weighted by molar-refractivity contribution is 6.02. The average Bonchev–Trinajstić information content (AvgIpc) is 3.35. The van der Waals surface area contributed by atoms with Crippen molar-refractivity contribution < 1.29 is 9.26 Å². The maximum atomic E-state index is 9.37. The van der Waals surface area contributed by atoms with E-state index in [4.69, 9.17) is 14.2 Å². The summed E-state index contributed by atoms with van der Waals surface area (Å²) in [5, 5.41) is 14.4. The minimum absolute atomic E-state index is 0.193. The van der Waals surface area contributed by atoms with Crippen molar-refractivity contribution in [1.29, 1.82) is 5.26 Å². The normalized spacial score (nSPS) is 19.9. The van der Waals surface area contributed by atoms with Crippen LogP contribution in [-0.4, -0.2) is 32.4 Å². The van der Waals surface area contributed by atoms with Crippen LogP contribution in [0, 0.1) is 11.3 Å². The van der Waals surface area contributed by atoms with Gasteiger partial charge < -0.3 is 13.8 Å². The van der Waals surface area contributed by atoms with Gasteiger partial charge >= 0.3 is 0 Å². The highest BCUT2D eigenvalue weighted by Crippen LogP contribution is 2.34. The van der Waals surface area contributed by atoms with Crippen LogP contribution in [0.3, 0.4) is 0 Å². The van der Waals surface area contributed by atoms with E-state index in [1.165, 1.54) is 0 Å². The lowest BCUT2D eigenvalue weighted by atomic mass is 10.0. The van der Waals surface area contributed by atoms with Gasteiger partial charge in [0.2, 0.25) is 0 Å². The number of pyridine rings is 1. The fourth-order valence-electron chi connectivity index (χ4n) is 4.11. The molecule has 0 saturated carbocycles. The topological polar surface area (TPSA) is 89.8 Å². The fraction of sp³-hybridized carbons (Fsp3) is 0.333. The van der Waals surface area contributed by atoms with Gasteiger partial charge in [-0.25, -0.2) is 4.98 Å². The molecule has 0 bridgehead atoms. The maximum Gasteiger partial charge on any atom is 0.124 e. The summed E-state index contributed by atoms with van der Waals surface area (Å²) in [5.74, 6) is 0.930. The van der Waals surface area contributed by atoms with Crippen LogP contribution < -0.4 is 0 Å². The summed E-state index contributed by atoms with van der Waals surface area (Å²) in [7, 11) is 0. The van der Waals surface area contributed by atoms with Gasteiger partial charge in [-0.3, -0.25) is 4.98 Å². The Morgan fingerprint density at radius 2 is 2.21 bits per heavy atom. The van der Waals surface area contributed by atoms with E-state index >= 15 is 0 Å². The first-order valence-corrected chi connectivity index (χ1v) is 9.43. The molecule has 28 heavy (non-hydrogen) atoms. The second-order valence-corrected chi connectivity index (χ2v) is 7.26. The first kappa shape index (κ1) is 16.9. The Balaban J connectivity index is 1.77. The SMILES string of the molecule is CC1CC(n2c(Cc3ccon3)nc3cnc4ccc(C#N)cc4c32)CCO1. The van der Waals surface area contributed by atoms with E-state index in [0.29, 0.717) is 12.0 Å². The number of hydrogen-bond acceptors (Lipinski definition) is 6. The molecule has 7 nitrogen and oxygen atoms in total. The minimum atomic E-state index is 0.193. The van der Waals surface area contributed by atoms with Crippen LogP contribution in [-0.2, 0) is 11.2 Å². The van der Waals surface area contributed by atoms with Gasteiger partial charge in [0.05, 0.1) is 47.1 Å². The van der Waals surface area contributed by atoms with Gasteiger partial charge in [0.1, 0.15) is 17.6 Å². The van der Waals surface area contributed by atoms with Crippen LogP contribution in [0.25, 0.3) is 21.9 Å². The fourth-order valence-corrected chi connectivity index (χ4v) is 4.11. The molecule has 2 atom stereocenters. The van der Waals surface area contributed by atoms with E-state index in [-0.39, 0.29) is 12.1 Å². The van der Waals surface area contributed by atoms with Crippen molar-refractivity contribution in [3.63, 3.8) is 0 Å². The summed E-state index contributed by atoms with van der Waals surface area (Å²) in [6.45, 7) is 2.83. The third kappa shape index (κ3) is 2.83. The third-order valence-corrected chi connectivity index (χ3v) is 5.37. The first-order chi connectivity index (χ1) is 13.7. The van der Waals surface area contributed by atoms with Crippen molar-refractivity contribution in [2.24, 2.45) is 0 Å². The van der Waals surface area contributed by atoms with E-state index < -0.39 is 0 Å². The van der Waals surface area contributed by atoms with Crippen LogP contribution in [0.2, 0.25) is 0 Å². The van der Waals surface area contributed by atoms with Crippen LogP contribution >= 0.6 is 0 Å². The number of rotatable bonds is 3. The molecule has 4 heterocycles. The highest BCUT2D eigenvalue weighted by atomic mass is 16.5. The number of aromatic nitrogens is 4. The molecule has 5 rings (SSSR count). The van der Waals surface area contributed by atoms with Crippen molar-refractivity contribution >= 4 is 21.9 Å². The second-order valence-electron chi connectivity index (χ2n) is 7.26. The molecule has 0 aliphatic carbocycles. The molecular weight excluding hydrogens is 354 g/mol. The molecule has 7 heteroatoms. The zero-order valence-corrected chi connectivity index (χ0v) is 15.5. The van der Waals surface area contributed by atoms with Crippen molar-refractivity contribution in [2.75, 3.05) is 6.61 Å². The Kier molecular flexibility index (Phi) is 4.06. The van der Waals surface area contributed by atoms with Crippen LogP contribution in [0.15, 0.2) is 41.2 Å². The Morgan fingerprint density at radius 3 is 3.00 bits per heavy atom. The number of imidazole rings is 1. The number of benzene rings is 1. The maximum absolute atomic E-state index is 9.37. The van der Waals surface area contributed by atoms with Crippen molar-refractivity contribution in [1.82, 2.24) is 19.7 Å². The molecule has 0 amide bonds. The smallest absolute Gasteiger partial charge is 0.124 e. The lowest BCUT2D eigenvalue weighted by Gasteiger charge is -2.30. The van der Waals surface area contributed by atoms with Crippen molar-refractivity contribution in [2.45, 2.75) is 38.3 Å². The molecule has 1 saturated heterocycles. The number of nitrogens with zero attached hydrogens (tertiary/aromatic N) is 5. The largest absolute Gasteiger partial charge is 0.378 e. The number of fused-ring (bicyclic) bond motifs is 3. The van der Waals surface area contributed by atoms with E-state index in [2.05, 4.69) is 27.7 Å². The molecule has 0 N–H and O–H groups in total. The van der Waals surface area contributed by atoms with E-state index in [9.17, 15) is 5.26 Å². The van der Waals surface area contributed by atoms with Gasteiger partial charge in [-0.1, -0.05) is 5.16 Å². The van der Waals surface area contributed by atoms with E-state index in [1.54, 1.807) is 12.3 Å². The minimum Gasteiger partial charge on any atom is -0.378 e. The lowest BCUT2D eigenvalue weighted by molar-refractivity contribution is 0.00630.